The van der Waals surface area contributed by atoms with E-state index in [0.717, 1.165) is 25.9 Å². The molecule has 2 heterocycles. The number of amides is 1. The lowest BCUT2D eigenvalue weighted by molar-refractivity contribution is 0.0906. The molecule has 1 aromatic rings. The molecule has 1 fully saturated rings. The zero-order valence-corrected chi connectivity index (χ0v) is 10.5. The van der Waals surface area contributed by atoms with E-state index < -0.39 is 0 Å². The summed E-state index contributed by atoms with van der Waals surface area (Å²) in [4.78, 5) is 11.8. The van der Waals surface area contributed by atoms with Gasteiger partial charge in [0.05, 0.1) is 0 Å². The molecule has 2 N–H and O–H groups in total. The highest BCUT2D eigenvalue weighted by Gasteiger charge is 2.17. The second kappa shape index (κ2) is 5.50. The highest BCUT2D eigenvalue weighted by atomic mass is 79.9. The van der Waals surface area contributed by atoms with E-state index in [0.29, 0.717) is 10.4 Å². The molecule has 88 valence electrons. The lowest BCUT2D eigenvalue weighted by atomic mass is 10.1. The molecule has 0 aliphatic carbocycles. The lowest BCUT2D eigenvalue weighted by Gasteiger charge is -2.15. The number of hydrogen-bond acceptors (Lipinski definition) is 3. The first kappa shape index (κ1) is 11.7. The molecule has 1 unspecified atom stereocenters. The van der Waals surface area contributed by atoms with Gasteiger partial charge in [0.15, 0.2) is 10.4 Å². The van der Waals surface area contributed by atoms with E-state index in [1.165, 1.54) is 6.42 Å². The Kier molecular flexibility index (Phi) is 4.01. The number of furan rings is 1. The van der Waals surface area contributed by atoms with E-state index >= 15 is 0 Å². The lowest BCUT2D eigenvalue weighted by Crippen LogP contribution is -2.40. The first-order chi connectivity index (χ1) is 7.75. The molecule has 0 bridgehead atoms. The Labute approximate surface area is 103 Å². The van der Waals surface area contributed by atoms with Crippen LogP contribution in [0.3, 0.4) is 0 Å². The minimum atomic E-state index is -0.139. The topological polar surface area (TPSA) is 54.3 Å². The summed E-state index contributed by atoms with van der Waals surface area (Å²) in [7, 11) is 0. The Morgan fingerprint density at radius 1 is 1.50 bits per heavy atom. The van der Waals surface area contributed by atoms with Crippen LogP contribution in [-0.4, -0.2) is 25.0 Å². The van der Waals surface area contributed by atoms with E-state index in [4.69, 9.17) is 4.42 Å². The van der Waals surface area contributed by atoms with Crippen LogP contribution in [0.5, 0.6) is 0 Å². The van der Waals surface area contributed by atoms with Gasteiger partial charge in [0.1, 0.15) is 0 Å². The van der Waals surface area contributed by atoms with Crippen LogP contribution in [0, 0.1) is 0 Å². The van der Waals surface area contributed by atoms with Gasteiger partial charge in [-0.1, -0.05) is 6.42 Å². The SMILES string of the molecule is O=C(NC1CCCCNC1)c1ccc(Br)o1. The number of carbonyl (C=O) groups is 1. The van der Waals surface area contributed by atoms with Gasteiger partial charge >= 0.3 is 0 Å². The van der Waals surface area contributed by atoms with Crippen molar-refractivity contribution in [2.24, 2.45) is 0 Å². The Hall–Kier alpha value is -0.810. The van der Waals surface area contributed by atoms with Crippen LogP contribution in [0.4, 0.5) is 0 Å². The summed E-state index contributed by atoms with van der Waals surface area (Å²) in [5.41, 5.74) is 0. The molecule has 1 saturated heterocycles. The maximum atomic E-state index is 11.8. The zero-order valence-electron chi connectivity index (χ0n) is 8.96. The summed E-state index contributed by atoms with van der Waals surface area (Å²) >= 11 is 3.18. The molecule has 1 aromatic heterocycles. The smallest absolute Gasteiger partial charge is 0.287 e. The highest BCUT2D eigenvalue weighted by Crippen LogP contribution is 2.14. The molecule has 0 radical (unpaired) electrons. The average Bonchev–Trinajstić information content (AvgIpc) is 2.54. The van der Waals surface area contributed by atoms with Gasteiger partial charge in [0.2, 0.25) is 0 Å². The Morgan fingerprint density at radius 2 is 2.38 bits per heavy atom. The van der Waals surface area contributed by atoms with Crippen LogP contribution in [0.15, 0.2) is 21.2 Å². The summed E-state index contributed by atoms with van der Waals surface area (Å²) in [6, 6.07) is 3.60. The second-order valence-electron chi connectivity index (χ2n) is 3.97. The number of nitrogens with one attached hydrogen (secondary N) is 2. The Balaban J connectivity index is 1.90. The molecule has 0 spiro atoms. The number of rotatable bonds is 2. The van der Waals surface area contributed by atoms with Crippen LogP contribution in [-0.2, 0) is 0 Å². The van der Waals surface area contributed by atoms with Crippen LogP contribution in [0.1, 0.15) is 29.8 Å². The zero-order chi connectivity index (χ0) is 11.4. The molecule has 1 amide bonds. The van der Waals surface area contributed by atoms with Crippen molar-refractivity contribution in [2.75, 3.05) is 13.1 Å². The Morgan fingerprint density at radius 3 is 3.12 bits per heavy atom. The molecule has 4 nitrogen and oxygen atoms in total. The number of carbonyl (C=O) groups excluding carboxylic acids is 1. The molecule has 16 heavy (non-hydrogen) atoms. The van der Waals surface area contributed by atoms with E-state index in [9.17, 15) is 4.79 Å². The van der Waals surface area contributed by atoms with Crippen molar-refractivity contribution in [3.63, 3.8) is 0 Å². The normalized spacial score (nSPS) is 21.4. The second-order valence-corrected chi connectivity index (χ2v) is 4.76. The summed E-state index contributed by atoms with van der Waals surface area (Å²) in [6.45, 7) is 1.88. The first-order valence-electron chi connectivity index (χ1n) is 5.52. The monoisotopic (exact) mass is 286 g/mol. The fraction of sp³-hybridized carbons (Fsp3) is 0.545. The number of hydrogen-bond donors (Lipinski definition) is 2. The van der Waals surface area contributed by atoms with Crippen LogP contribution in [0.25, 0.3) is 0 Å². The molecule has 2 rings (SSSR count). The van der Waals surface area contributed by atoms with Crippen molar-refractivity contribution >= 4 is 21.8 Å². The van der Waals surface area contributed by atoms with Gasteiger partial charge in [0, 0.05) is 12.6 Å². The largest absolute Gasteiger partial charge is 0.444 e. The van der Waals surface area contributed by atoms with E-state index in [-0.39, 0.29) is 11.9 Å². The van der Waals surface area contributed by atoms with E-state index in [1.54, 1.807) is 12.1 Å². The van der Waals surface area contributed by atoms with E-state index in [2.05, 4.69) is 26.6 Å². The fourth-order valence-electron chi connectivity index (χ4n) is 1.84. The van der Waals surface area contributed by atoms with Crippen molar-refractivity contribution in [1.29, 1.82) is 0 Å². The maximum absolute atomic E-state index is 11.8. The van der Waals surface area contributed by atoms with Crippen molar-refractivity contribution < 1.29 is 9.21 Å². The Bertz CT molecular complexity index is 357. The van der Waals surface area contributed by atoms with Crippen molar-refractivity contribution in [3.8, 4) is 0 Å². The van der Waals surface area contributed by atoms with Crippen molar-refractivity contribution in [1.82, 2.24) is 10.6 Å². The van der Waals surface area contributed by atoms with Crippen LogP contribution < -0.4 is 10.6 Å². The van der Waals surface area contributed by atoms with Crippen LogP contribution >= 0.6 is 15.9 Å². The first-order valence-corrected chi connectivity index (χ1v) is 6.32. The van der Waals surface area contributed by atoms with Gasteiger partial charge in [-0.15, -0.1) is 0 Å². The number of halogens is 1. The summed E-state index contributed by atoms with van der Waals surface area (Å²) < 4.78 is 5.78. The molecule has 0 saturated carbocycles. The molecule has 1 aliphatic rings. The van der Waals surface area contributed by atoms with Gasteiger partial charge in [-0.25, -0.2) is 0 Å². The summed E-state index contributed by atoms with van der Waals surface area (Å²) in [6.07, 6.45) is 3.36. The van der Waals surface area contributed by atoms with Crippen molar-refractivity contribution in [3.05, 3.63) is 22.6 Å². The molecule has 0 aromatic carbocycles. The van der Waals surface area contributed by atoms with E-state index in [1.807, 2.05) is 0 Å². The van der Waals surface area contributed by atoms with Crippen LogP contribution in [0.2, 0.25) is 0 Å². The standard InChI is InChI=1S/C11H15BrN2O2/c12-10-5-4-9(16-10)11(15)14-8-3-1-2-6-13-7-8/h4-5,8,13H,1-3,6-7H2,(H,14,15). The third kappa shape index (κ3) is 3.09. The van der Waals surface area contributed by atoms with Gasteiger partial charge in [-0.05, 0) is 47.4 Å². The highest BCUT2D eigenvalue weighted by molar-refractivity contribution is 9.10. The fourth-order valence-corrected chi connectivity index (χ4v) is 2.14. The molecule has 1 aliphatic heterocycles. The predicted octanol–water partition coefficient (Wildman–Crippen LogP) is 1.91. The minimum absolute atomic E-state index is 0.139. The average molecular weight is 287 g/mol. The maximum Gasteiger partial charge on any atom is 0.287 e. The van der Waals surface area contributed by atoms with Gasteiger partial charge in [-0.2, -0.15) is 0 Å². The molecular formula is C11H15BrN2O2. The summed E-state index contributed by atoms with van der Waals surface area (Å²) in [5.74, 6) is 0.218. The molecule has 5 heteroatoms. The predicted molar refractivity (Wildman–Crippen MR) is 64.4 cm³/mol. The third-order valence-electron chi connectivity index (χ3n) is 2.68. The van der Waals surface area contributed by atoms with Gasteiger partial charge in [-0.3, -0.25) is 4.79 Å². The quantitative estimate of drug-likeness (QED) is 0.873. The molecule has 1 atom stereocenters. The van der Waals surface area contributed by atoms with Gasteiger partial charge < -0.3 is 15.1 Å². The molecular weight excluding hydrogens is 272 g/mol. The third-order valence-corrected chi connectivity index (χ3v) is 3.11. The summed E-state index contributed by atoms with van der Waals surface area (Å²) in [5, 5.41) is 6.28. The van der Waals surface area contributed by atoms with Crippen molar-refractivity contribution in [2.45, 2.75) is 25.3 Å². The minimum Gasteiger partial charge on any atom is -0.444 e. The van der Waals surface area contributed by atoms with Gasteiger partial charge in [0.25, 0.3) is 5.91 Å².